The highest BCUT2D eigenvalue weighted by molar-refractivity contribution is 7.89. The minimum absolute atomic E-state index is 0.161. The first-order chi connectivity index (χ1) is 16.0. The van der Waals surface area contributed by atoms with E-state index in [1.54, 1.807) is 45.0 Å². The van der Waals surface area contributed by atoms with Crippen molar-refractivity contribution < 1.29 is 27.5 Å². The van der Waals surface area contributed by atoms with Crippen LogP contribution in [-0.4, -0.2) is 86.6 Å². The Balaban J connectivity index is 1.72. The Morgan fingerprint density at radius 1 is 1.15 bits per heavy atom. The Bertz CT molecular complexity index is 952. The second kappa shape index (κ2) is 11.2. The van der Waals surface area contributed by atoms with E-state index in [9.17, 15) is 18.0 Å². The van der Waals surface area contributed by atoms with Crippen molar-refractivity contribution in [2.24, 2.45) is 0 Å². The van der Waals surface area contributed by atoms with Crippen LogP contribution in [0, 0.1) is 6.92 Å². The highest BCUT2D eigenvalue weighted by atomic mass is 32.2. The number of nitrogens with one attached hydrogen (secondary N) is 1. The molecule has 0 radical (unpaired) electrons. The van der Waals surface area contributed by atoms with Crippen molar-refractivity contribution in [2.75, 3.05) is 39.4 Å². The number of ether oxygens (including phenoxy) is 2. The van der Waals surface area contributed by atoms with E-state index in [0.29, 0.717) is 39.0 Å². The quantitative estimate of drug-likeness (QED) is 0.547. The summed E-state index contributed by atoms with van der Waals surface area (Å²) in [6, 6.07) is 4.87. The van der Waals surface area contributed by atoms with Crippen molar-refractivity contribution >= 4 is 21.9 Å². The lowest BCUT2D eigenvalue weighted by atomic mass is 10.1. The third-order valence-corrected chi connectivity index (χ3v) is 7.90. The van der Waals surface area contributed by atoms with Gasteiger partial charge in [0.1, 0.15) is 17.7 Å². The maximum Gasteiger partial charge on any atom is 0.329 e. The van der Waals surface area contributed by atoms with Gasteiger partial charge in [-0.05, 0) is 59.1 Å². The molecule has 2 aliphatic heterocycles. The summed E-state index contributed by atoms with van der Waals surface area (Å²) in [5.41, 5.74) is 0.253. The van der Waals surface area contributed by atoms with E-state index in [-0.39, 0.29) is 11.4 Å². The summed E-state index contributed by atoms with van der Waals surface area (Å²) in [6.07, 6.45) is 1.35. The van der Waals surface area contributed by atoms with Gasteiger partial charge in [-0.2, -0.15) is 4.31 Å². The van der Waals surface area contributed by atoms with E-state index in [0.717, 1.165) is 18.7 Å². The van der Waals surface area contributed by atoms with Crippen molar-refractivity contribution in [3.8, 4) is 0 Å². The van der Waals surface area contributed by atoms with Gasteiger partial charge in [-0.25, -0.2) is 13.2 Å². The first kappa shape index (κ1) is 26.6. The average molecular weight is 496 g/mol. The minimum atomic E-state index is -3.83. The van der Waals surface area contributed by atoms with Gasteiger partial charge >= 0.3 is 5.97 Å². The molecule has 2 heterocycles. The van der Waals surface area contributed by atoms with Gasteiger partial charge in [0, 0.05) is 26.2 Å². The number of hydrogen-bond donors (Lipinski definition) is 1. The lowest BCUT2D eigenvalue weighted by molar-refractivity contribution is -0.159. The second-order valence-corrected chi connectivity index (χ2v) is 11.8. The van der Waals surface area contributed by atoms with Crippen LogP contribution in [0.1, 0.15) is 45.6 Å². The maximum absolute atomic E-state index is 13.3. The fourth-order valence-electron chi connectivity index (χ4n) is 4.16. The lowest BCUT2D eigenvalue weighted by Crippen LogP contribution is -2.52. The molecule has 2 saturated heterocycles. The van der Waals surface area contributed by atoms with Crippen LogP contribution in [0.4, 0.5) is 0 Å². The molecule has 0 saturated carbocycles. The number of hydrogen-bond acceptors (Lipinski definition) is 7. The van der Waals surface area contributed by atoms with Crippen molar-refractivity contribution in [3.05, 3.63) is 29.8 Å². The van der Waals surface area contributed by atoms with Gasteiger partial charge in [-0.15, -0.1) is 0 Å². The number of morpholine rings is 1. The van der Waals surface area contributed by atoms with Crippen molar-refractivity contribution in [2.45, 2.75) is 69.5 Å². The molecule has 2 fully saturated rings. The lowest BCUT2D eigenvalue weighted by Gasteiger charge is -2.30. The molecule has 9 nitrogen and oxygen atoms in total. The number of sulfonamides is 1. The highest BCUT2D eigenvalue weighted by Crippen LogP contribution is 2.26. The number of nitrogens with zero attached hydrogens (tertiary/aromatic N) is 2. The number of rotatable bonds is 8. The molecule has 1 aromatic rings. The number of benzene rings is 1. The van der Waals surface area contributed by atoms with Crippen LogP contribution in [0.15, 0.2) is 29.2 Å². The topological polar surface area (TPSA) is 105 Å². The average Bonchev–Trinajstić information content (AvgIpc) is 3.27. The molecule has 2 atom stereocenters. The minimum Gasteiger partial charge on any atom is -0.458 e. The maximum atomic E-state index is 13.3. The Morgan fingerprint density at radius 2 is 1.79 bits per heavy atom. The fraction of sp³-hybridized carbons (Fsp3) is 0.667. The van der Waals surface area contributed by atoms with Gasteiger partial charge in [-0.1, -0.05) is 17.7 Å². The van der Waals surface area contributed by atoms with Crippen LogP contribution in [0.5, 0.6) is 0 Å². The molecule has 190 valence electrons. The third-order valence-electron chi connectivity index (χ3n) is 5.98. The molecule has 0 aromatic heterocycles. The zero-order chi connectivity index (χ0) is 24.9. The van der Waals surface area contributed by atoms with Gasteiger partial charge in [-0.3, -0.25) is 9.69 Å². The van der Waals surface area contributed by atoms with E-state index in [1.165, 1.54) is 4.31 Å². The van der Waals surface area contributed by atoms with Gasteiger partial charge in [0.15, 0.2) is 0 Å². The van der Waals surface area contributed by atoms with Crippen LogP contribution < -0.4 is 5.32 Å². The SMILES string of the molecule is Cc1ccc(S(=O)(=O)N2CCC[C@H]2C(=O)N[C@@H](CCN2CCOCC2)C(=O)OC(C)(C)C)cc1. The zero-order valence-electron chi connectivity index (χ0n) is 20.6. The predicted molar refractivity (Wildman–Crippen MR) is 128 cm³/mol. The van der Waals surface area contributed by atoms with Crippen LogP contribution in [0.2, 0.25) is 0 Å². The summed E-state index contributed by atoms with van der Waals surface area (Å²) < 4.78 is 38.6. The Hall–Kier alpha value is -2.01. The van der Waals surface area contributed by atoms with Gasteiger partial charge in [0.25, 0.3) is 0 Å². The van der Waals surface area contributed by atoms with Crippen LogP contribution >= 0.6 is 0 Å². The standard InChI is InChI=1S/C24H37N3O6S/c1-18-7-9-19(10-8-18)34(30,31)27-12-5-6-21(27)22(28)25-20(23(29)33-24(2,3)4)11-13-26-14-16-32-17-15-26/h7-10,20-21H,5-6,11-17H2,1-4H3,(H,25,28)/t20-,21-/m0/s1. The van der Waals surface area contributed by atoms with Gasteiger partial charge in [0.2, 0.25) is 15.9 Å². The molecule has 0 spiro atoms. The van der Waals surface area contributed by atoms with E-state index >= 15 is 0 Å². The van der Waals surface area contributed by atoms with E-state index in [4.69, 9.17) is 9.47 Å². The molecule has 1 amide bonds. The third kappa shape index (κ3) is 7.00. The number of carbonyl (C=O) groups excluding carboxylic acids is 2. The predicted octanol–water partition coefficient (Wildman–Crippen LogP) is 1.70. The van der Waals surface area contributed by atoms with Crippen LogP contribution in [0.3, 0.4) is 0 Å². The van der Waals surface area contributed by atoms with Gasteiger partial charge in [0.05, 0.1) is 18.1 Å². The van der Waals surface area contributed by atoms with Crippen molar-refractivity contribution in [3.63, 3.8) is 0 Å². The zero-order valence-corrected chi connectivity index (χ0v) is 21.4. The molecule has 10 heteroatoms. The largest absolute Gasteiger partial charge is 0.458 e. The Labute approximate surface area is 202 Å². The number of esters is 1. The molecule has 1 aromatic carbocycles. The van der Waals surface area contributed by atoms with E-state index in [1.807, 2.05) is 6.92 Å². The van der Waals surface area contributed by atoms with Crippen LogP contribution in [0.25, 0.3) is 0 Å². The summed E-state index contributed by atoms with van der Waals surface area (Å²) in [7, 11) is -3.83. The van der Waals surface area contributed by atoms with Crippen molar-refractivity contribution in [1.29, 1.82) is 0 Å². The first-order valence-electron chi connectivity index (χ1n) is 11.9. The summed E-state index contributed by atoms with van der Waals surface area (Å²) in [4.78, 5) is 28.5. The monoisotopic (exact) mass is 495 g/mol. The molecular formula is C24H37N3O6S. The summed E-state index contributed by atoms with van der Waals surface area (Å²) >= 11 is 0. The molecule has 34 heavy (non-hydrogen) atoms. The molecule has 3 rings (SSSR count). The molecule has 0 unspecified atom stereocenters. The normalized spacial score (nSPS) is 21.2. The Kier molecular flexibility index (Phi) is 8.72. The summed E-state index contributed by atoms with van der Waals surface area (Å²) in [6.45, 7) is 10.9. The van der Waals surface area contributed by atoms with E-state index < -0.39 is 39.6 Å². The molecule has 0 bridgehead atoms. The molecule has 2 aliphatic rings. The first-order valence-corrected chi connectivity index (χ1v) is 13.3. The summed E-state index contributed by atoms with van der Waals surface area (Å²) in [5, 5.41) is 2.81. The van der Waals surface area contributed by atoms with Crippen molar-refractivity contribution in [1.82, 2.24) is 14.5 Å². The molecule has 0 aliphatic carbocycles. The van der Waals surface area contributed by atoms with E-state index in [2.05, 4.69) is 10.2 Å². The summed E-state index contributed by atoms with van der Waals surface area (Å²) in [5.74, 6) is -0.980. The fourth-order valence-corrected chi connectivity index (χ4v) is 5.82. The second-order valence-electron chi connectivity index (χ2n) is 9.92. The molecular weight excluding hydrogens is 458 g/mol. The number of aryl methyl sites for hydroxylation is 1. The van der Waals surface area contributed by atoms with Gasteiger partial charge < -0.3 is 14.8 Å². The number of amides is 1. The van der Waals surface area contributed by atoms with Crippen LogP contribution in [-0.2, 0) is 29.1 Å². The smallest absolute Gasteiger partial charge is 0.329 e. The highest BCUT2D eigenvalue weighted by Gasteiger charge is 2.41. The Morgan fingerprint density at radius 3 is 2.41 bits per heavy atom. The number of carbonyl (C=O) groups is 2. The molecule has 1 N–H and O–H groups in total.